The first kappa shape index (κ1) is 10.2. The van der Waals surface area contributed by atoms with Gasteiger partial charge < -0.3 is 10.6 Å². The summed E-state index contributed by atoms with van der Waals surface area (Å²) in [6, 6.07) is 8.57. The Kier molecular flexibility index (Phi) is 3.46. The molecule has 0 spiro atoms. The van der Waals surface area contributed by atoms with Gasteiger partial charge in [-0.05, 0) is 32.1 Å². The van der Waals surface area contributed by atoms with Gasteiger partial charge in [-0.2, -0.15) is 0 Å². The highest BCUT2D eigenvalue weighted by Gasteiger charge is 2.00. The molecule has 0 fully saturated rings. The van der Waals surface area contributed by atoms with Crippen molar-refractivity contribution >= 4 is 0 Å². The van der Waals surface area contributed by atoms with Crippen LogP contribution >= 0.6 is 0 Å². The summed E-state index contributed by atoms with van der Waals surface area (Å²) < 4.78 is 0. The molecule has 0 saturated carbocycles. The van der Waals surface area contributed by atoms with Crippen LogP contribution in [0.15, 0.2) is 24.3 Å². The summed E-state index contributed by atoms with van der Waals surface area (Å²) in [6.45, 7) is 2.98. The SMILES string of the molecule is C[C@@H](N)c1cccc(CN(C)C)c1. The fourth-order valence-corrected chi connectivity index (χ4v) is 1.34. The fraction of sp³-hybridized carbons (Fsp3) is 0.455. The minimum Gasteiger partial charge on any atom is -0.324 e. The van der Waals surface area contributed by atoms with Gasteiger partial charge in [0, 0.05) is 12.6 Å². The van der Waals surface area contributed by atoms with Crippen molar-refractivity contribution in [3.05, 3.63) is 35.4 Å². The lowest BCUT2D eigenvalue weighted by Gasteiger charge is -2.12. The van der Waals surface area contributed by atoms with Crippen LogP contribution in [0.5, 0.6) is 0 Å². The summed E-state index contributed by atoms with van der Waals surface area (Å²) in [5.74, 6) is 0. The van der Waals surface area contributed by atoms with E-state index in [1.54, 1.807) is 0 Å². The van der Waals surface area contributed by atoms with Crippen LogP contribution in [0.4, 0.5) is 0 Å². The number of nitrogens with zero attached hydrogens (tertiary/aromatic N) is 1. The molecule has 2 N–H and O–H groups in total. The van der Waals surface area contributed by atoms with Crippen molar-refractivity contribution in [3.8, 4) is 0 Å². The van der Waals surface area contributed by atoms with Gasteiger partial charge in [-0.25, -0.2) is 0 Å². The summed E-state index contributed by atoms with van der Waals surface area (Å²) in [5, 5.41) is 0. The first-order valence-electron chi connectivity index (χ1n) is 4.58. The predicted octanol–water partition coefficient (Wildman–Crippen LogP) is 1.77. The Morgan fingerprint density at radius 1 is 1.38 bits per heavy atom. The van der Waals surface area contributed by atoms with Crippen molar-refractivity contribution in [2.45, 2.75) is 19.5 Å². The van der Waals surface area contributed by atoms with Gasteiger partial charge in [-0.3, -0.25) is 0 Å². The van der Waals surface area contributed by atoms with Gasteiger partial charge in [0.15, 0.2) is 0 Å². The third kappa shape index (κ3) is 3.17. The first-order chi connectivity index (χ1) is 6.09. The Labute approximate surface area is 80.4 Å². The smallest absolute Gasteiger partial charge is 0.0266 e. The Morgan fingerprint density at radius 2 is 2.08 bits per heavy atom. The van der Waals surface area contributed by atoms with E-state index in [-0.39, 0.29) is 6.04 Å². The minimum absolute atomic E-state index is 0.127. The minimum atomic E-state index is 0.127. The highest BCUT2D eigenvalue weighted by Crippen LogP contribution is 2.12. The monoisotopic (exact) mass is 178 g/mol. The fourth-order valence-electron chi connectivity index (χ4n) is 1.34. The number of hydrogen-bond donors (Lipinski definition) is 1. The molecule has 0 radical (unpaired) electrons. The van der Waals surface area contributed by atoms with E-state index in [0.29, 0.717) is 0 Å². The summed E-state index contributed by atoms with van der Waals surface area (Å²) >= 11 is 0. The molecule has 0 bridgehead atoms. The van der Waals surface area contributed by atoms with E-state index in [9.17, 15) is 0 Å². The standard InChI is InChI=1S/C11H18N2/c1-9(12)11-6-4-5-10(7-11)8-13(2)3/h4-7,9H,8,12H2,1-3H3/t9-/m1/s1. The molecule has 0 aliphatic heterocycles. The van der Waals surface area contributed by atoms with E-state index >= 15 is 0 Å². The summed E-state index contributed by atoms with van der Waals surface area (Å²) in [6.07, 6.45) is 0. The molecule has 1 rings (SSSR count). The van der Waals surface area contributed by atoms with E-state index < -0.39 is 0 Å². The van der Waals surface area contributed by atoms with Crippen molar-refractivity contribution in [2.75, 3.05) is 14.1 Å². The predicted molar refractivity (Wildman–Crippen MR) is 56.4 cm³/mol. The van der Waals surface area contributed by atoms with Crippen LogP contribution < -0.4 is 5.73 Å². The normalized spacial score (nSPS) is 13.3. The van der Waals surface area contributed by atoms with Crippen molar-refractivity contribution < 1.29 is 0 Å². The topological polar surface area (TPSA) is 29.3 Å². The average Bonchev–Trinajstić information content (AvgIpc) is 2.03. The van der Waals surface area contributed by atoms with Crippen molar-refractivity contribution in [3.63, 3.8) is 0 Å². The molecular weight excluding hydrogens is 160 g/mol. The van der Waals surface area contributed by atoms with Crippen LogP contribution in [0.1, 0.15) is 24.1 Å². The van der Waals surface area contributed by atoms with Gasteiger partial charge in [0.1, 0.15) is 0 Å². The zero-order valence-electron chi connectivity index (χ0n) is 8.62. The molecule has 0 amide bonds. The van der Waals surface area contributed by atoms with Gasteiger partial charge in [0.2, 0.25) is 0 Å². The molecule has 1 aromatic carbocycles. The molecule has 2 heteroatoms. The molecule has 72 valence electrons. The average molecular weight is 178 g/mol. The quantitative estimate of drug-likeness (QED) is 0.764. The molecule has 1 atom stereocenters. The van der Waals surface area contributed by atoms with Gasteiger partial charge >= 0.3 is 0 Å². The highest BCUT2D eigenvalue weighted by atomic mass is 15.0. The molecule has 0 unspecified atom stereocenters. The number of rotatable bonds is 3. The van der Waals surface area contributed by atoms with Gasteiger partial charge in [0.05, 0.1) is 0 Å². The Hall–Kier alpha value is -0.860. The van der Waals surface area contributed by atoms with Crippen molar-refractivity contribution in [2.24, 2.45) is 5.73 Å². The zero-order valence-corrected chi connectivity index (χ0v) is 8.62. The Balaban J connectivity index is 2.79. The maximum Gasteiger partial charge on any atom is 0.0266 e. The number of nitrogens with two attached hydrogens (primary N) is 1. The largest absolute Gasteiger partial charge is 0.324 e. The van der Waals surface area contributed by atoms with E-state index in [2.05, 4.69) is 43.3 Å². The molecule has 0 saturated heterocycles. The molecule has 1 aromatic rings. The Bertz CT molecular complexity index is 267. The molecule has 0 aliphatic carbocycles. The van der Waals surface area contributed by atoms with E-state index in [0.717, 1.165) is 6.54 Å². The molecule has 0 heterocycles. The van der Waals surface area contributed by atoms with E-state index in [1.165, 1.54) is 11.1 Å². The van der Waals surface area contributed by atoms with Crippen LogP contribution in [-0.4, -0.2) is 19.0 Å². The lowest BCUT2D eigenvalue weighted by Crippen LogP contribution is -2.11. The highest BCUT2D eigenvalue weighted by molar-refractivity contribution is 5.25. The van der Waals surface area contributed by atoms with Crippen molar-refractivity contribution in [1.29, 1.82) is 0 Å². The third-order valence-corrected chi connectivity index (χ3v) is 1.98. The van der Waals surface area contributed by atoms with Crippen LogP contribution in [0.3, 0.4) is 0 Å². The second-order valence-corrected chi connectivity index (χ2v) is 3.77. The third-order valence-electron chi connectivity index (χ3n) is 1.98. The van der Waals surface area contributed by atoms with Crippen LogP contribution in [0, 0.1) is 0 Å². The lowest BCUT2D eigenvalue weighted by molar-refractivity contribution is 0.402. The maximum absolute atomic E-state index is 5.80. The van der Waals surface area contributed by atoms with Crippen LogP contribution in [-0.2, 0) is 6.54 Å². The van der Waals surface area contributed by atoms with E-state index in [4.69, 9.17) is 5.73 Å². The zero-order chi connectivity index (χ0) is 9.84. The summed E-state index contributed by atoms with van der Waals surface area (Å²) in [5.41, 5.74) is 8.33. The second kappa shape index (κ2) is 4.40. The second-order valence-electron chi connectivity index (χ2n) is 3.77. The van der Waals surface area contributed by atoms with Gasteiger partial charge in [-0.1, -0.05) is 24.3 Å². The van der Waals surface area contributed by atoms with Gasteiger partial charge in [-0.15, -0.1) is 0 Å². The van der Waals surface area contributed by atoms with Crippen LogP contribution in [0.25, 0.3) is 0 Å². The lowest BCUT2D eigenvalue weighted by atomic mass is 10.1. The van der Waals surface area contributed by atoms with Crippen molar-refractivity contribution in [1.82, 2.24) is 4.90 Å². The number of hydrogen-bond acceptors (Lipinski definition) is 2. The molecule has 0 aliphatic rings. The van der Waals surface area contributed by atoms with Crippen LogP contribution in [0.2, 0.25) is 0 Å². The van der Waals surface area contributed by atoms with E-state index in [1.807, 2.05) is 6.92 Å². The summed E-state index contributed by atoms with van der Waals surface area (Å²) in [4.78, 5) is 2.15. The molecular formula is C11H18N2. The molecule has 0 aromatic heterocycles. The number of benzene rings is 1. The first-order valence-corrected chi connectivity index (χ1v) is 4.58. The van der Waals surface area contributed by atoms with Gasteiger partial charge in [0.25, 0.3) is 0 Å². The maximum atomic E-state index is 5.80. The Morgan fingerprint density at radius 3 is 2.62 bits per heavy atom. The summed E-state index contributed by atoms with van der Waals surface area (Å²) in [7, 11) is 4.14. The molecule has 13 heavy (non-hydrogen) atoms. The molecule has 2 nitrogen and oxygen atoms in total.